The minimum atomic E-state index is -3.60. The van der Waals surface area contributed by atoms with Crippen molar-refractivity contribution in [1.82, 2.24) is 14.1 Å². The number of hydrogen-bond acceptors (Lipinski definition) is 4. The van der Waals surface area contributed by atoms with Gasteiger partial charge in [-0.1, -0.05) is 0 Å². The number of hydrogen-bond donors (Lipinski definition) is 1. The predicted molar refractivity (Wildman–Crippen MR) is 114 cm³/mol. The van der Waals surface area contributed by atoms with Crippen LogP contribution in [0.25, 0.3) is 0 Å². The molecule has 1 fully saturated rings. The topological polar surface area (TPSA) is 84.3 Å². The summed E-state index contributed by atoms with van der Waals surface area (Å²) in [5.41, 5.74) is 3.31. The van der Waals surface area contributed by atoms with Crippen molar-refractivity contribution in [3.63, 3.8) is 0 Å². The number of amides is 1. The van der Waals surface area contributed by atoms with Crippen molar-refractivity contribution in [3.05, 3.63) is 40.7 Å². The van der Waals surface area contributed by atoms with Crippen LogP contribution in [0.1, 0.15) is 66.8 Å². The Kier molecular flexibility index (Phi) is 5.38. The quantitative estimate of drug-likeness (QED) is 0.803. The van der Waals surface area contributed by atoms with Crippen LogP contribution in [-0.2, 0) is 15.6 Å². The van der Waals surface area contributed by atoms with Crippen LogP contribution in [-0.4, -0.2) is 42.5 Å². The Morgan fingerprint density at radius 3 is 2.31 bits per heavy atom. The molecule has 2 aromatic rings. The SMILES string of the molecule is Cc1cc(S(=O)(=O)N(C)C)cc(NC(=O)c2cc(C3CC3)n(C(C)(C)C)n2)c1C. The summed E-state index contributed by atoms with van der Waals surface area (Å²) in [5, 5.41) is 7.44. The molecule has 0 bridgehead atoms. The first kappa shape index (κ1) is 21.5. The summed E-state index contributed by atoms with van der Waals surface area (Å²) in [5.74, 6) is 0.123. The van der Waals surface area contributed by atoms with Crippen molar-refractivity contribution in [1.29, 1.82) is 0 Å². The Balaban J connectivity index is 1.97. The number of nitrogens with zero attached hydrogens (tertiary/aromatic N) is 3. The van der Waals surface area contributed by atoms with E-state index in [4.69, 9.17) is 0 Å². The first-order valence-electron chi connectivity index (χ1n) is 9.78. The fourth-order valence-corrected chi connectivity index (χ4v) is 4.23. The maximum Gasteiger partial charge on any atom is 0.276 e. The second-order valence-electron chi connectivity index (χ2n) is 8.97. The molecule has 1 N–H and O–H groups in total. The summed E-state index contributed by atoms with van der Waals surface area (Å²) in [6, 6.07) is 5.00. The zero-order valence-electron chi connectivity index (χ0n) is 18.2. The Hall–Kier alpha value is -2.19. The van der Waals surface area contributed by atoms with E-state index in [9.17, 15) is 13.2 Å². The molecule has 1 aliphatic carbocycles. The van der Waals surface area contributed by atoms with E-state index in [1.165, 1.54) is 20.2 Å². The monoisotopic (exact) mass is 418 g/mol. The standard InChI is InChI=1S/C21H30N4O3S/c1-13-10-16(29(27,28)24(6)7)11-17(14(13)2)22-20(26)18-12-19(15-8-9-15)25(23-18)21(3,4)5/h10-12,15H,8-9H2,1-7H3,(H,22,26). The average Bonchev–Trinajstić information content (AvgIpc) is 3.34. The maximum atomic E-state index is 13.0. The summed E-state index contributed by atoms with van der Waals surface area (Å²) in [4.78, 5) is 13.1. The zero-order valence-corrected chi connectivity index (χ0v) is 19.0. The lowest BCUT2D eigenvalue weighted by atomic mass is 10.1. The zero-order chi connectivity index (χ0) is 21.7. The molecule has 1 aromatic heterocycles. The van der Waals surface area contributed by atoms with Crippen LogP contribution in [0.2, 0.25) is 0 Å². The second kappa shape index (κ2) is 7.25. The molecule has 0 unspecified atom stereocenters. The van der Waals surface area contributed by atoms with Crippen LogP contribution in [0.4, 0.5) is 5.69 Å². The second-order valence-corrected chi connectivity index (χ2v) is 11.1. The number of rotatable bonds is 5. The van der Waals surface area contributed by atoms with Gasteiger partial charge in [-0.15, -0.1) is 0 Å². The lowest BCUT2D eigenvalue weighted by Gasteiger charge is -2.22. The Morgan fingerprint density at radius 2 is 1.79 bits per heavy atom. The molecule has 8 heteroatoms. The van der Waals surface area contributed by atoms with Gasteiger partial charge >= 0.3 is 0 Å². The fourth-order valence-electron chi connectivity index (χ4n) is 3.22. The lowest BCUT2D eigenvalue weighted by Crippen LogP contribution is -2.26. The van der Waals surface area contributed by atoms with Gasteiger partial charge in [0.25, 0.3) is 5.91 Å². The number of anilines is 1. The normalized spacial score (nSPS) is 15.0. The molecule has 7 nitrogen and oxygen atoms in total. The van der Waals surface area contributed by atoms with Gasteiger partial charge < -0.3 is 5.32 Å². The highest BCUT2D eigenvalue weighted by Crippen LogP contribution is 2.41. The van der Waals surface area contributed by atoms with Gasteiger partial charge in [0.15, 0.2) is 5.69 Å². The lowest BCUT2D eigenvalue weighted by molar-refractivity contribution is 0.102. The van der Waals surface area contributed by atoms with Crippen molar-refractivity contribution in [2.75, 3.05) is 19.4 Å². The van der Waals surface area contributed by atoms with Gasteiger partial charge in [-0.25, -0.2) is 12.7 Å². The van der Waals surface area contributed by atoms with Crippen LogP contribution in [0.15, 0.2) is 23.1 Å². The van der Waals surface area contributed by atoms with Crippen LogP contribution >= 0.6 is 0 Å². The van der Waals surface area contributed by atoms with Gasteiger partial charge in [-0.3, -0.25) is 9.48 Å². The van der Waals surface area contributed by atoms with E-state index in [0.29, 0.717) is 17.3 Å². The highest BCUT2D eigenvalue weighted by atomic mass is 32.2. The Labute approximate surface area is 173 Å². The number of carbonyl (C=O) groups excluding carboxylic acids is 1. The van der Waals surface area contributed by atoms with Gasteiger partial charge in [0.1, 0.15) is 0 Å². The number of aromatic nitrogens is 2. The van der Waals surface area contributed by atoms with E-state index in [1.54, 1.807) is 6.07 Å². The van der Waals surface area contributed by atoms with E-state index in [1.807, 2.05) is 24.6 Å². The number of aryl methyl sites for hydroxylation is 1. The summed E-state index contributed by atoms with van der Waals surface area (Å²) in [6.45, 7) is 9.89. The highest BCUT2D eigenvalue weighted by Gasteiger charge is 2.32. The molecular weight excluding hydrogens is 388 g/mol. The summed E-state index contributed by atoms with van der Waals surface area (Å²) < 4.78 is 28.2. The minimum Gasteiger partial charge on any atom is -0.320 e. The number of carbonyl (C=O) groups is 1. The number of nitrogens with one attached hydrogen (secondary N) is 1. The number of sulfonamides is 1. The molecule has 0 aliphatic heterocycles. The van der Waals surface area contributed by atoms with Crippen molar-refractivity contribution in [2.24, 2.45) is 0 Å². The molecule has 0 atom stereocenters. The van der Waals surface area contributed by atoms with E-state index in [2.05, 4.69) is 31.2 Å². The largest absolute Gasteiger partial charge is 0.320 e. The Morgan fingerprint density at radius 1 is 1.17 bits per heavy atom. The van der Waals surface area contributed by atoms with Crippen LogP contribution in [0.3, 0.4) is 0 Å². The van der Waals surface area contributed by atoms with Gasteiger partial charge in [0.2, 0.25) is 10.0 Å². The molecule has 1 aliphatic rings. The average molecular weight is 419 g/mol. The molecule has 0 saturated heterocycles. The molecule has 1 saturated carbocycles. The predicted octanol–water partition coefficient (Wildman–Crippen LogP) is 3.63. The van der Waals surface area contributed by atoms with Crippen LogP contribution < -0.4 is 5.32 Å². The van der Waals surface area contributed by atoms with Crippen molar-refractivity contribution in [2.45, 2.75) is 63.8 Å². The molecule has 0 radical (unpaired) electrons. The molecular formula is C21H30N4O3S. The molecule has 158 valence electrons. The maximum absolute atomic E-state index is 13.0. The van der Waals surface area contributed by atoms with Crippen molar-refractivity contribution >= 4 is 21.6 Å². The summed E-state index contributed by atoms with van der Waals surface area (Å²) >= 11 is 0. The van der Waals surface area contributed by atoms with Crippen LogP contribution in [0, 0.1) is 13.8 Å². The first-order valence-corrected chi connectivity index (χ1v) is 11.2. The molecule has 3 rings (SSSR count). The van der Waals surface area contributed by atoms with Gasteiger partial charge in [0, 0.05) is 31.4 Å². The third-order valence-corrected chi connectivity index (χ3v) is 7.06. The van der Waals surface area contributed by atoms with E-state index in [-0.39, 0.29) is 16.3 Å². The minimum absolute atomic E-state index is 0.153. The molecule has 1 heterocycles. The molecule has 0 spiro atoms. The van der Waals surface area contributed by atoms with Gasteiger partial charge in [0.05, 0.1) is 10.4 Å². The third kappa shape index (κ3) is 4.23. The van der Waals surface area contributed by atoms with Crippen molar-refractivity contribution in [3.8, 4) is 0 Å². The summed E-state index contributed by atoms with van der Waals surface area (Å²) in [6.07, 6.45) is 2.23. The molecule has 1 aromatic carbocycles. The van der Waals surface area contributed by atoms with E-state index >= 15 is 0 Å². The molecule has 1 amide bonds. The first-order chi connectivity index (χ1) is 13.3. The number of benzene rings is 1. The van der Waals surface area contributed by atoms with E-state index < -0.39 is 10.0 Å². The Bertz CT molecular complexity index is 1060. The summed E-state index contributed by atoms with van der Waals surface area (Å²) in [7, 11) is -0.627. The van der Waals surface area contributed by atoms with E-state index in [0.717, 1.165) is 34.0 Å². The van der Waals surface area contributed by atoms with Crippen molar-refractivity contribution < 1.29 is 13.2 Å². The third-order valence-electron chi connectivity index (χ3n) is 5.27. The van der Waals surface area contributed by atoms with Gasteiger partial charge in [-0.05, 0) is 76.8 Å². The van der Waals surface area contributed by atoms with Crippen LogP contribution in [0.5, 0.6) is 0 Å². The smallest absolute Gasteiger partial charge is 0.276 e. The fraction of sp³-hybridized carbons (Fsp3) is 0.524. The highest BCUT2D eigenvalue weighted by molar-refractivity contribution is 7.89. The van der Waals surface area contributed by atoms with Gasteiger partial charge in [-0.2, -0.15) is 5.10 Å². The molecule has 29 heavy (non-hydrogen) atoms.